The van der Waals surface area contributed by atoms with Crippen LogP contribution in [0, 0.1) is 0 Å². The minimum atomic E-state index is 0.549. The Hall–Kier alpha value is -8.03. The van der Waals surface area contributed by atoms with Crippen molar-refractivity contribution in [1.29, 1.82) is 0 Å². The molecule has 0 spiro atoms. The second-order valence-electron chi connectivity index (χ2n) is 14.5. The van der Waals surface area contributed by atoms with Gasteiger partial charge in [0.2, 0.25) is 5.95 Å². The van der Waals surface area contributed by atoms with Gasteiger partial charge in [-0.1, -0.05) is 121 Å². The Morgan fingerprint density at radius 2 is 0.810 bits per heavy atom. The molecule has 12 rings (SSSR count). The molecule has 0 aliphatic carbocycles. The van der Waals surface area contributed by atoms with Crippen molar-refractivity contribution in [3.8, 4) is 51.2 Å². The molecule has 7 nitrogen and oxygen atoms in total. The van der Waals surface area contributed by atoms with Crippen LogP contribution in [0.15, 0.2) is 188 Å². The summed E-state index contributed by atoms with van der Waals surface area (Å²) in [5.74, 6) is 1.72. The molecule has 0 aliphatic rings. The highest BCUT2D eigenvalue weighted by Crippen LogP contribution is 2.41. The fraction of sp³-hybridized carbons (Fsp3) is 0. The topological polar surface area (TPSA) is 73.8 Å². The van der Waals surface area contributed by atoms with Crippen LogP contribution in [-0.4, -0.2) is 33.9 Å². The first-order valence-electron chi connectivity index (χ1n) is 19.3. The summed E-state index contributed by atoms with van der Waals surface area (Å²) < 4.78 is 4.61. The Morgan fingerprint density at radius 3 is 1.41 bits per heavy atom. The second-order valence-corrected chi connectivity index (χ2v) is 14.5. The van der Waals surface area contributed by atoms with E-state index in [4.69, 9.17) is 15.0 Å². The van der Waals surface area contributed by atoms with E-state index in [0.29, 0.717) is 17.6 Å². The first-order chi connectivity index (χ1) is 28.8. The number of pyridine rings is 3. The van der Waals surface area contributed by atoms with Gasteiger partial charge < -0.3 is 4.40 Å². The van der Waals surface area contributed by atoms with Crippen LogP contribution in [0.5, 0.6) is 0 Å². The van der Waals surface area contributed by atoms with E-state index in [1.165, 1.54) is 32.6 Å². The van der Waals surface area contributed by atoms with Crippen molar-refractivity contribution in [3.63, 3.8) is 0 Å². The summed E-state index contributed by atoms with van der Waals surface area (Å²) in [6.45, 7) is 0. The summed E-state index contributed by atoms with van der Waals surface area (Å²) in [6.07, 6.45) is 3.63. The summed E-state index contributed by atoms with van der Waals surface area (Å²) in [5.41, 5.74) is 11.2. The average Bonchev–Trinajstić information content (AvgIpc) is 3.87. The quantitative estimate of drug-likeness (QED) is 0.164. The van der Waals surface area contributed by atoms with Gasteiger partial charge in [-0.3, -0.25) is 14.5 Å². The normalized spacial score (nSPS) is 11.8. The van der Waals surface area contributed by atoms with Crippen molar-refractivity contribution in [1.82, 2.24) is 33.9 Å². The Bertz CT molecular complexity index is 3430. The van der Waals surface area contributed by atoms with Gasteiger partial charge in [0.25, 0.3) is 0 Å². The maximum atomic E-state index is 5.25. The van der Waals surface area contributed by atoms with Gasteiger partial charge in [-0.05, 0) is 60.0 Å². The highest BCUT2D eigenvalue weighted by Gasteiger charge is 2.22. The Balaban J connectivity index is 1.11. The molecule has 0 radical (unpaired) electrons. The van der Waals surface area contributed by atoms with Crippen LogP contribution in [0.2, 0.25) is 0 Å². The van der Waals surface area contributed by atoms with E-state index in [9.17, 15) is 0 Å². The highest BCUT2D eigenvalue weighted by molar-refractivity contribution is 6.24. The smallest absolute Gasteiger partial charge is 0.238 e. The molecular formula is C51H31N7. The van der Waals surface area contributed by atoms with Crippen LogP contribution in [0.25, 0.3) is 111 Å². The highest BCUT2D eigenvalue weighted by atomic mass is 15.2. The lowest BCUT2D eigenvalue weighted by molar-refractivity contribution is 0.953. The standard InChI is InChI=1S/C51H31N7/c1-2-13-38-36(11-1)37-12-3-5-17-43(37)57-45-27-28-46-48(40(45)31-47(38)57)39-14-4-6-18-44(39)58(46)51-55-49(34-23-19-32(20-24-34)41-15-7-9-29-52-41)54-50(56-51)35-25-21-33(22-26-35)42-16-8-10-30-53-42/h1-31H. The third-order valence-corrected chi connectivity index (χ3v) is 11.3. The predicted molar refractivity (Wildman–Crippen MR) is 235 cm³/mol. The zero-order valence-electron chi connectivity index (χ0n) is 31.0. The molecule has 6 aromatic heterocycles. The number of rotatable bonds is 5. The van der Waals surface area contributed by atoms with Gasteiger partial charge >= 0.3 is 0 Å². The van der Waals surface area contributed by atoms with E-state index in [1.807, 2.05) is 48.8 Å². The summed E-state index contributed by atoms with van der Waals surface area (Å²) in [6, 6.07) is 61.2. The number of nitrogens with zero attached hydrogens (tertiary/aromatic N) is 7. The van der Waals surface area contributed by atoms with Gasteiger partial charge in [-0.25, -0.2) is 4.98 Å². The van der Waals surface area contributed by atoms with E-state index in [0.717, 1.165) is 61.0 Å². The van der Waals surface area contributed by atoms with Crippen molar-refractivity contribution in [2.75, 3.05) is 0 Å². The van der Waals surface area contributed by atoms with E-state index >= 15 is 0 Å². The molecule has 0 fully saturated rings. The van der Waals surface area contributed by atoms with Gasteiger partial charge in [0.05, 0.1) is 39.0 Å². The molecule has 6 heterocycles. The fourth-order valence-corrected chi connectivity index (χ4v) is 8.63. The van der Waals surface area contributed by atoms with Crippen molar-refractivity contribution in [2.24, 2.45) is 0 Å². The summed E-state index contributed by atoms with van der Waals surface area (Å²) in [7, 11) is 0. The van der Waals surface area contributed by atoms with Gasteiger partial charge in [-0.2, -0.15) is 9.97 Å². The molecule has 12 aromatic rings. The number of hydrogen-bond donors (Lipinski definition) is 0. The zero-order chi connectivity index (χ0) is 38.2. The van der Waals surface area contributed by atoms with Crippen LogP contribution < -0.4 is 0 Å². The monoisotopic (exact) mass is 741 g/mol. The van der Waals surface area contributed by atoms with Crippen LogP contribution >= 0.6 is 0 Å². The van der Waals surface area contributed by atoms with E-state index in [2.05, 4.69) is 158 Å². The molecule has 0 aliphatic heterocycles. The SMILES string of the molecule is c1ccc(-c2ccc(-c3nc(-c4ccc(-c5ccccn5)cc4)nc(-n4c5ccccc5c5c6cc7c8ccccc8c8ccccc8n7c6ccc54)n3)cc2)nc1. The maximum Gasteiger partial charge on any atom is 0.238 e. The fourth-order valence-electron chi connectivity index (χ4n) is 8.63. The largest absolute Gasteiger partial charge is 0.309 e. The Kier molecular flexibility index (Phi) is 7.09. The molecule has 0 saturated carbocycles. The number of fused-ring (bicyclic) bond motifs is 12. The molecular weight excluding hydrogens is 711 g/mol. The second kappa shape index (κ2) is 12.8. The third kappa shape index (κ3) is 4.97. The third-order valence-electron chi connectivity index (χ3n) is 11.3. The molecule has 0 amide bonds. The van der Waals surface area contributed by atoms with Crippen LogP contribution in [0.3, 0.4) is 0 Å². The first kappa shape index (κ1) is 32.2. The van der Waals surface area contributed by atoms with Crippen molar-refractivity contribution in [3.05, 3.63) is 188 Å². The molecule has 58 heavy (non-hydrogen) atoms. The van der Waals surface area contributed by atoms with Crippen LogP contribution in [0.1, 0.15) is 0 Å². The zero-order valence-corrected chi connectivity index (χ0v) is 31.0. The molecule has 0 N–H and O–H groups in total. The molecule has 0 saturated heterocycles. The predicted octanol–water partition coefficient (Wildman–Crippen LogP) is 12.1. The minimum absolute atomic E-state index is 0.549. The van der Waals surface area contributed by atoms with E-state index in [1.54, 1.807) is 0 Å². The summed E-state index contributed by atoms with van der Waals surface area (Å²) >= 11 is 0. The average molecular weight is 742 g/mol. The van der Waals surface area contributed by atoms with Gasteiger partial charge in [0, 0.05) is 61.6 Å². The number of aromatic nitrogens is 7. The maximum absolute atomic E-state index is 5.25. The Morgan fingerprint density at radius 1 is 0.328 bits per heavy atom. The molecule has 270 valence electrons. The van der Waals surface area contributed by atoms with Crippen molar-refractivity contribution in [2.45, 2.75) is 0 Å². The van der Waals surface area contributed by atoms with Crippen molar-refractivity contribution >= 4 is 59.9 Å². The number of benzene rings is 6. The lowest BCUT2D eigenvalue weighted by Gasteiger charge is -2.12. The summed E-state index contributed by atoms with van der Waals surface area (Å²) in [4.78, 5) is 24.7. The number of hydrogen-bond acceptors (Lipinski definition) is 5. The first-order valence-corrected chi connectivity index (χ1v) is 19.3. The van der Waals surface area contributed by atoms with E-state index in [-0.39, 0.29) is 0 Å². The molecule has 0 unspecified atom stereocenters. The summed E-state index contributed by atoms with van der Waals surface area (Å²) in [5, 5.41) is 7.18. The molecule has 7 heteroatoms. The number of para-hydroxylation sites is 2. The van der Waals surface area contributed by atoms with Gasteiger partial charge in [-0.15, -0.1) is 0 Å². The molecule has 6 aromatic carbocycles. The van der Waals surface area contributed by atoms with Crippen LogP contribution in [-0.2, 0) is 0 Å². The lowest BCUT2D eigenvalue weighted by Crippen LogP contribution is -2.06. The van der Waals surface area contributed by atoms with Crippen molar-refractivity contribution < 1.29 is 0 Å². The van der Waals surface area contributed by atoms with Gasteiger partial charge in [0.1, 0.15) is 0 Å². The molecule has 0 atom stereocenters. The van der Waals surface area contributed by atoms with Gasteiger partial charge in [0.15, 0.2) is 11.6 Å². The lowest BCUT2D eigenvalue weighted by atomic mass is 10.0. The molecule has 0 bridgehead atoms. The van der Waals surface area contributed by atoms with Crippen LogP contribution in [0.4, 0.5) is 0 Å². The minimum Gasteiger partial charge on any atom is -0.309 e. The Labute approximate surface area is 332 Å². The van der Waals surface area contributed by atoms with E-state index < -0.39 is 0 Å².